The second-order valence-electron chi connectivity index (χ2n) is 3.80. The third-order valence-corrected chi connectivity index (χ3v) is 2.32. The van der Waals surface area contributed by atoms with E-state index in [1.165, 1.54) is 0 Å². The molecule has 1 amide bonds. The molecule has 4 nitrogen and oxygen atoms in total. The quantitative estimate of drug-likeness (QED) is 0.654. The Kier molecular flexibility index (Phi) is 7.25. The van der Waals surface area contributed by atoms with Crippen LogP contribution in [0.5, 0.6) is 0 Å². The van der Waals surface area contributed by atoms with Crippen molar-refractivity contribution in [2.75, 3.05) is 0 Å². The molecule has 0 aliphatic heterocycles. The molecule has 0 bridgehead atoms. The Morgan fingerprint density at radius 3 is 2.44 bits per heavy atom. The SMILES string of the molecule is CCC=C(C)C(=O)N[C@@H](CCCC)C(=O)O. The maximum absolute atomic E-state index is 11.6. The van der Waals surface area contributed by atoms with Crippen molar-refractivity contribution < 1.29 is 14.7 Å². The molecule has 16 heavy (non-hydrogen) atoms. The highest BCUT2D eigenvalue weighted by atomic mass is 16.4. The van der Waals surface area contributed by atoms with E-state index in [0.29, 0.717) is 12.0 Å². The van der Waals surface area contributed by atoms with Gasteiger partial charge in [-0.2, -0.15) is 0 Å². The van der Waals surface area contributed by atoms with E-state index >= 15 is 0 Å². The molecule has 0 unspecified atom stereocenters. The fraction of sp³-hybridized carbons (Fsp3) is 0.667. The number of carbonyl (C=O) groups is 2. The third-order valence-electron chi connectivity index (χ3n) is 2.32. The van der Waals surface area contributed by atoms with Gasteiger partial charge in [0.25, 0.3) is 0 Å². The summed E-state index contributed by atoms with van der Waals surface area (Å²) in [6.07, 6.45) is 4.76. The van der Waals surface area contributed by atoms with Gasteiger partial charge in [-0.1, -0.05) is 32.8 Å². The highest BCUT2D eigenvalue weighted by molar-refractivity contribution is 5.95. The Morgan fingerprint density at radius 1 is 1.38 bits per heavy atom. The first-order chi connectivity index (χ1) is 7.52. The number of rotatable bonds is 7. The van der Waals surface area contributed by atoms with Crippen molar-refractivity contribution in [2.24, 2.45) is 0 Å². The summed E-state index contributed by atoms with van der Waals surface area (Å²) >= 11 is 0. The maximum atomic E-state index is 11.6. The molecule has 0 heterocycles. The van der Waals surface area contributed by atoms with Gasteiger partial charge in [0.05, 0.1) is 0 Å². The molecular formula is C12H21NO3. The van der Waals surface area contributed by atoms with Crippen LogP contribution >= 0.6 is 0 Å². The minimum atomic E-state index is -0.967. The zero-order valence-electron chi connectivity index (χ0n) is 10.2. The Balaban J connectivity index is 4.34. The van der Waals surface area contributed by atoms with E-state index in [9.17, 15) is 9.59 Å². The summed E-state index contributed by atoms with van der Waals surface area (Å²) in [7, 11) is 0. The van der Waals surface area contributed by atoms with Crippen LogP contribution in [0.25, 0.3) is 0 Å². The number of carboxylic acid groups (broad SMARTS) is 1. The molecule has 0 rings (SSSR count). The molecule has 0 aromatic heterocycles. The van der Waals surface area contributed by atoms with Crippen LogP contribution in [0.2, 0.25) is 0 Å². The van der Waals surface area contributed by atoms with Crippen LogP contribution in [0.1, 0.15) is 46.5 Å². The van der Waals surface area contributed by atoms with Gasteiger partial charge < -0.3 is 10.4 Å². The first-order valence-corrected chi connectivity index (χ1v) is 5.73. The number of unbranched alkanes of at least 4 members (excludes halogenated alkanes) is 1. The lowest BCUT2D eigenvalue weighted by Crippen LogP contribution is -2.41. The van der Waals surface area contributed by atoms with E-state index in [1.54, 1.807) is 13.0 Å². The van der Waals surface area contributed by atoms with Gasteiger partial charge in [0.15, 0.2) is 0 Å². The Morgan fingerprint density at radius 2 is 2.00 bits per heavy atom. The maximum Gasteiger partial charge on any atom is 0.326 e. The monoisotopic (exact) mass is 227 g/mol. The van der Waals surface area contributed by atoms with Crippen molar-refractivity contribution in [1.29, 1.82) is 0 Å². The number of hydrogen-bond acceptors (Lipinski definition) is 2. The molecule has 2 N–H and O–H groups in total. The number of aliphatic carboxylic acids is 1. The van der Waals surface area contributed by atoms with E-state index in [-0.39, 0.29) is 5.91 Å². The predicted molar refractivity (Wildman–Crippen MR) is 63.1 cm³/mol. The van der Waals surface area contributed by atoms with Crippen molar-refractivity contribution in [1.82, 2.24) is 5.32 Å². The van der Waals surface area contributed by atoms with E-state index in [2.05, 4.69) is 5.32 Å². The summed E-state index contributed by atoms with van der Waals surface area (Å²) in [6.45, 7) is 5.61. The molecule has 0 aliphatic carbocycles. The lowest BCUT2D eigenvalue weighted by atomic mass is 10.1. The zero-order chi connectivity index (χ0) is 12.6. The first kappa shape index (κ1) is 14.7. The van der Waals surface area contributed by atoms with Crippen LogP contribution in [0.15, 0.2) is 11.6 Å². The van der Waals surface area contributed by atoms with E-state index in [1.807, 2.05) is 13.8 Å². The molecule has 0 saturated heterocycles. The zero-order valence-corrected chi connectivity index (χ0v) is 10.2. The average molecular weight is 227 g/mol. The molecule has 1 atom stereocenters. The van der Waals surface area contributed by atoms with Crippen molar-refractivity contribution in [3.63, 3.8) is 0 Å². The van der Waals surface area contributed by atoms with Crippen molar-refractivity contribution in [2.45, 2.75) is 52.5 Å². The van der Waals surface area contributed by atoms with Gasteiger partial charge in [0.2, 0.25) is 5.91 Å². The second-order valence-corrected chi connectivity index (χ2v) is 3.80. The van der Waals surface area contributed by atoms with Crippen molar-refractivity contribution in [3.05, 3.63) is 11.6 Å². The van der Waals surface area contributed by atoms with Crippen LogP contribution in [0.4, 0.5) is 0 Å². The molecule has 92 valence electrons. The third kappa shape index (κ3) is 5.53. The first-order valence-electron chi connectivity index (χ1n) is 5.73. The van der Waals surface area contributed by atoms with Crippen LogP contribution in [0, 0.1) is 0 Å². The number of carboxylic acids is 1. The lowest BCUT2D eigenvalue weighted by Gasteiger charge is -2.14. The number of carbonyl (C=O) groups excluding carboxylic acids is 1. The Bertz CT molecular complexity index is 271. The lowest BCUT2D eigenvalue weighted by molar-refractivity contribution is -0.141. The van der Waals surface area contributed by atoms with Gasteiger partial charge in [-0.05, 0) is 19.8 Å². The van der Waals surface area contributed by atoms with Crippen molar-refractivity contribution in [3.8, 4) is 0 Å². The van der Waals surface area contributed by atoms with Gasteiger partial charge >= 0.3 is 5.97 Å². The standard InChI is InChI=1S/C12H21NO3/c1-4-6-8-10(12(15)16)13-11(14)9(3)7-5-2/h7,10H,4-6,8H2,1-3H3,(H,13,14)(H,15,16)/t10-/m0/s1. The van der Waals surface area contributed by atoms with Gasteiger partial charge in [0, 0.05) is 5.57 Å². The van der Waals surface area contributed by atoms with Crippen LogP contribution < -0.4 is 5.32 Å². The highest BCUT2D eigenvalue weighted by Gasteiger charge is 2.19. The van der Waals surface area contributed by atoms with Gasteiger partial charge in [-0.25, -0.2) is 4.79 Å². The highest BCUT2D eigenvalue weighted by Crippen LogP contribution is 2.03. The predicted octanol–water partition coefficient (Wildman–Crippen LogP) is 2.10. The Hall–Kier alpha value is -1.32. The smallest absolute Gasteiger partial charge is 0.326 e. The Labute approximate surface area is 96.7 Å². The van der Waals surface area contributed by atoms with Crippen LogP contribution in [-0.4, -0.2) is 23.0 Å². The molecule has 0 radical (unpaired) electrons. The van der Waals surface area contributed by atoms with E-state index < -0.39 is 12.0 Å². The summed E-state index contributed by atoms with van der Waals surface area (Å²) in [6, 6.07) is -0.771. The summed E-state index contributed by atoms with van der Waals surface area (Å²) in [4.78, 5) is 22.5. The van der Waals surface area contributed by atoms with Crippen LogP contribution in [0.3, 0.4) is 0 Å². The summed E-state index contributed by atoms with van der Waals surface area (Å²) in [5.41, 5.74) is 0.574. The normalized spacial score (nSPS) is 13.3. The van der Waals surface area contributed by atoms with Crippen molar-refractivity contribution >= 4 is 11.9 Å². The summed E-state index contributed by atoms with van der Waals surface area (Å²) in [5, 5.41) is 11.5. The summed E-state index contributed by atoms with van der Waals surface area (Å²) in [5.74, 6) is -1.25. The van der Waals surface area contributed by atoms with Gasteiger partial charge in [0.1, 0.15) is 6.04 Å². The van der Waals surface area contributed by atoms with Crippen LogP contribution in [-0.2, 0) is 9.59 Å². The van der Waals surface area contributed by atoms with E-state index in [0.717, 1.165) is 19.3 Å². The number of nitrogens with one attached hydrogen (secondary N) is 1. The molecule has 0 aromatic carbocycles. The average Bonchev–Trinajstić information content (AvgIpc) is 2.23. The molecule has 4 heteroatoms. The molecule has 0 aromatic rings. The number of amides is 1. The number of hydrogen-bond donors (Lipinski definition) is 2. The number of allylic oxidation sites excluding steroid dienone is 1. The molecular weight excluding hydrogens is 206 g/mol. The van der Waals surface area contributed by atoms with E-state index in [4.69, 9.17) is 5.11 Å². The fourth-order valence-electron chi connectivity index (χ4n) is 1.34. The molecule has 0 saturated carbocycles. The summed E-state index contributed by atoms with van der Waals surface area (Å²) < 4.78 is 0. The molecule has 0 spiro atoms. The van der Waals surface area contributed by atoms with Gasteiger partial charge in [-0.3, -0.25) is 4.79 Å². The fourth-order valence-corrected chi connectivity index (χ4v) is 1.34. The second kappa shape index (κ2) is 7.91. The largest absolute Gasteiger partial charge is 0.480 e. The topological polar surface area (TPSA) is 66.4 Å². The minimum absolute atomic E-state index is 0.287. The molecule has 0 aliphatic rings. The molecule has 0 fully saturated rings. The van der Waals surface area contributed by atoms with Gasteiger partial charge in [-0.15, -0.1) is 0 Å². The minimum Gasteiger partial charge on any atom is -0.480 e.